The van der Waals surface area contributed by atoms with Gasteiger partial charge in [-0.2, -0.15) is 0 Å². The molecule has 1 saturated carbocycles. The van der Waals surface area contributed by atoms with Crippen molar-refractivity contribution in [2.24, 2.45) is 5.92 Å². The second kappa shape index (κ2) is 7.36. The van der Waals surface area contributed by atoms with Gasteiger partial charge in [-0.1, -0.05) is 43.2 Å². The zero-order valence-corrected chi connectivity index (χ0v) is 17.0. The van der Waals surface area contributed by atoms with Crippen molar-refractivity contribution in [1.29, 1.82) is 0 Å². The van der Waals surface area contributed by atoms with E-state index in [1.165, 1.54) is 0 Å². The van der Waals surface area contributed by atoms with Crippen molar-refractivity contribution in [2.75, 3.05) is 6.54 Å². The summed E-state index contributed by atoms with van der Waals surface area (Å²) in [7, 11) is 0. The van der Waals surface area contributed by atoms with E-state index in [0.29, 0.717) is 19.4 Å². The van der Waals surface area contributed by atoms with Crippen LogP contribution in [0.3, 0.4) is 0 Å². The highest BCUT2D eigenvalue weighted by Crippen LogP contribution is 2.47. The van der Waals surface area contributed by atoms with Gasteiger partial charge in [-0.3, -0.25) is 4.79 Å². The number of thiazole rings is 1. The van der Waals surface area contributed by atoms with E-state index in [2.05, 4.69) is 9.88 Å². The summed E-state index contributed by atoms with van der Waals surface area (Å²) in [5.41, 5.74) is 1.16. The lowest BCUT2D eigenvalue weighted by Gasteiger charge is -2.52. The van der Waals surface area contributed by atoms with Crippen LogP contribution < -0.4 is 0 Å². The zero-order valence-electron chi connectivity index (χ0n) is 16.1. The van der Waals surface area contributed by atoms with Crippen LogP contribution in [-0.2, 0) is 16.8 Å². The van der Waals surface area contributed by atoms with Crippen molar-refractivity contribution in [1.82, 2.24) is 9.88 Å². The van der Waals surface area contributed by atoms with E-state index in [1.807, 2.05) is 44.2 Å². The van der Waals surface area contributed by atoms with Crippen molar-refractivity contribution >= 4 is 17.2 Å². The largest absolute Gasteiger partial charge is 0.385 e. The van der Waals surface area contributed by atoms with Gasteiger partial charge < -0.3 is 10.0 Å². The summed E-state index contributed by atoms with van der Waals surface area (Å²) in [5, 5.41) is 12.6. The summed E-state index contributed by atoms with van der Waals surface area (Å²) in [5.74, 6) is 0.310. The molecule has 2 aliphatic rings. The Balaban J connectivity index is 1.58. The van der Waals surface area contributed by atoms with Gasteiger partial charge >= 0.3 is 0 Å². The van der Waals surface area contributed by atoms with Gasteiger partial charge in [-0.25, -0.2) is 4.98 Å². The molecule has 1 aliphatic carbocycles. The molecule has 1 unspecified atom stereocenters. The molecular weight excluding hydrogens is 356 g/mol. The molecule has 0 spiro atoms. The van der Waals surface area contributed by atoms with Crippen molar-refractivity contribution in [2.45, 2.75) is 64.0 Å². The topological polar surface area (TPSA) is 53.4 Å². The number of benzene rings is 1. The van der Waals surface area contributed by atoms with Gasteiger partial charge in [0.25, 0.3) is 0 Å². The minimum Gasteiger partial charge on any atom is -0.385 e. The van der Waals surface area contributed by atoms with Gasteiger partial charge in [0.15, 0.2) is 0 Å². The van der Waals surface area contributed by atoms with E-state index in [4.69, 9.17) is 0 Å². The van der Waals surface area contributed by atoms with Gasteiger partial charge in [-0.05, 0) is 38.7 Å². The molecule has 0 radical (unpaired) electrons. The third-order valence-corrected chi connectivity index (χ3v) is 7.46. The summed E-state index contributed by atoms with van der Waals surface area (Å²) >= 11 is 1.62. The van der Waals surface area contributed by atoms with Gasteiger partial charge in [0.05, 0.1) is 22.7 Å². The van der Waals surface area contributed by atoms with Crippen molar-refractivity contribution in [3.63, 3.8) is 0 Å². The van der Waals surface area contributed by atoms with Crippen LogP contribution in [0.1, 0.15) is 53.2 Å². The fraction of sp³-hybridized carbons (Fsp3) is 0.545. The average molecular weight is 385 g/mol. The molecule has 4 nitrogen and oxygen atoms in total. The molecule has 1 amide bonds. The number of carbonyl (C=O) groups is 1. The van der Waals surface area contributed by atoms with Crippen LogP contribution >= 0.6 is 11.3 Å². The highest BCUT2D eigenvalue weighted by molar-refractivity contribution is 7.11. The molecule has 1 N–H and O–H groups in total. The van der Waals surface area contributed by atoms with E-state index >= 15 is 0 Å². The number of likely N-dealkylation sites (tertiary alicyclic amines) is 1. The molecular formula is C22H28N2O2S. The fourth-order valence-corrected chi connectivity index (χ4v) is 5.98. The Morgan fingerprint density at radius 3 is 2.70 bits per heavy atom. The van der Waals surface area contributed by atoms with Gasteiger partial charge in [0.2, 0.25) is 5.91 Å². The number of hydrogen-bond acceptors (Lipinski definition) is 4. The molecule has 1 saturated heterocycles. The predicted octanol–water partition coefficient (Wildman–Crippen LogP) is 3.98. The van der Waals surface area contributed by atoms with Crippen molar-refractivity contribution in [3.8, 4) is 0 Å². The molecule has 0 bridgehead atoms. The summed E-state index contributed by atoms with van der Waals surface area (Å²) in [6, 6.07) is 10.2. The average Bonchev–Trinajstić information content (AvgIpc) is 2.99. The molecule has 1 aromatic carbocycles. The molecule has 4 rings (SSSR count). The molecule has 2 aromatic rings. The molecule has 144 valence electrons. The fourth-order valence-electron chi connectivity index (χ4n) is 5.05. The SMILES string of the molecule is Cc1nc(C)c(CC(=O)N2CCC(O)(c3ccccc3)[C@H]3CCCC[C@@H]32)s1. The number of rotatable bonds is 3. The van der Waals surface area contributed by atoms with Crippen molar-refractivity contribution < 1.29 is 9.90 Å². The summed E-state index contributed by atoms with van der Waals surface area (Å²) in [6.07, 6.45) is 5.29. The Bertz CT molecular complexity index is 819. The lowest BCUT2D eigenvalue weighted by molar-refractivity contribution is -0.154. The normalized spacial score (nSPS) is 28.0. The van der Waals surface area contributed by atoms with E-state index in [9.17, 15) is 9.90 Å². The Morgan fingerprint density at radius 1 is 1.26 bits per heavy atom. The third-order valence-electron chi connectivity index (χ3n) is 6.38. The first kappa shape index (κ1) is 18.6. The number of aliphatic hydroxyl groups is 1. The molecule has 1 aliphatic heterocycles. The molecule has 5 heteroatoms. The van der Waals surface area contributed by atoms with Crippen LogP contribution in [0.25, 0.3) is 0 Å². The number of carbonyl (C=O) groups excluding carboxylic acids is 1. The van der Waals surface area contributed by atoms with E-state index in [1.54, 1.807) is 11.3 Å². The van der Waals surface area contributed by atoms with Crippen LogP contribution in [0.2, 0.25) is 0 Å². The number of aromatic nitrogens is 1. The highest BCUT2D eigenvalue weighted by atomic mass is 32.1. The molecule has 2 fully saturated rings. The second-order valence-electron chi connectivity index (χ2n) is 8.00. The maximum absolute atomic E-state index is 13.2. The minimum absolute atomic E-state index is 0.121. The number of piperidine rings is 1. The molecule has 2 heterocycles. The first-order valence-corrected chi connectivity index (χ1v) is 10.8. The Morgan fingerprint density at radius 2 is 2.00 bits per heavy atom. The Labute approximate surface area is 165 Å². The van der Waals surface area contributed by atoms with Gasteiger partial charge in [0.1, 0.15) is 0 Å². The predicted molar refractivity (Wildman–Crippen MR) is 108 cm³/mol. The molecule has 3 atom stereocenters. The number of hydrogen-bond donors (Lipinski definition) is 1. The van der Waals surface area contributed by atoms with E-state index < -0.39 is 5.60 Å². The maximum Gasteiger partial charge on any atom is 0.228 e. The van der Waals surface area contributed by atoms with Crippen molar-refractivity contribution in [3.05, 3.63) is 51.5 Å². The minimum atomic E-state index is -0.819. The number of aryl methyl sites for hydroxylation is 2. The molecule has 27 heavy (non-hydrogen) atoms. The van der Waals surface area contributed by atoms with Crippen LogP contribution in [0.5, 0.6) is 0 Å². The quantitative estimate of drug-likeness (QED) is 0.871. The number of amides is 1. The summed E-state index contributed by atoms with van der Waals surface area (Å²) in [4.78, 5) is 20.8. The van der Waals surface area contributed by atoms with Crippen LogP contribution in [-0.4, -0.2) is 33.5 Å². The maximum atomic E-state index is 13.2. The lowest BCUT2D eigenvalue weighted by Crippen LogP contribution is -2.59. The standard InChI is InChI=1S/C22H28N2O2S/c1-15-20(27-16(2)23-15)14-21(25)24-13-12-22(26,17-8-4-3-5-9-17)18-10-6-7-11-19(18)24/h3-5,8-9,18-19,26H,6-7,10-14H2,1-2H3/t18-,19-,22?/m0/s1. The Kier molecular flexibility index (Phi) is 5.08. The smallest absolute Gasteiger partial charge is 0.228 e. The zero-order chi connectivity index (χ0) is 19.0. The highest BCUT2D eigenvalue weighted by Gasteiger charge is 2.50. The first-order valence-electron chi connectivity index (χ1n) is 9.99. The van der Waals surface area contributed by atoms with Gasteiger partial charge in [-0.15, -0.1) is 11.3 Å². The molecule has 1 aromatic heterocycles. The third kappa shape index (κ3) is 3.43. The lowest BCUT2D eigenvalue weighted by atomic mass is 9.66. The Hall–Kier alpha value is -1.72. The monoisotopic (exact) mass is 384 g/mol. The second-order valence-corrected chi connectivity index (χ2v) is 9.29. The number of nitrogens with zero attached hydrogens (tertiary/aromatic N) is 2. The summed E-state index contributed by atoms with van der Waals surface area (Å²) < 4.78 is 0. The van der Waals surface area contributed by atoms with Crippen LogP contribution in [0.4, 0.5) is 0 Å². The van der Waals surface area contributed by atoms with Gasteiger partial charge in [0, 0.05) is 23.4 Å². The van der Waals surface area contributed by atoms with Crippen LogP contribution in [0.15, 0.2) is 30.3 Å². The van der Waals surface area contributed by atoms with E-state index in [0.717, 1.165) is 46.8 Å². The summed E-state index contributed by atoms with van der Waals surface area (Å²) in [6.45, 7) is 4.60. The van der Waals surface area contributed by atoms with E-state index in [-0.39, 0.29) is 17.9 Å². The number of fused-ring (bicyclic) bond motifs is 1. The first-order chi connectivity index (χ1) is 13.0. The van der Waals surface area contributed by atoms with Crippen LogP contribution in [0, 0.1) is 19.8 Å².